The SMILES string of the molecule is CC(=O)Nc1ccc(C(=O)NC2(c3ccc(Cl)cc3)CC2)cc1. The van der Waals surface area contributed by atoms with E-state index in [4.69, 9.17) is 11.6 Å². The summed E-state index contributed by atoms with van der Waals surface area (Å²) in [4.78, 5) is 23.5. The van der Waals surface area contributed by atoms with Crippen LogP contribution in [0.1, 0.15) is 35.7 Å². The van der Waals surface area contributed by atoms with E-state index in [0.717, 1.165) is 18.4 Å². The monoisotopic (exact) mass is 328 g/mol. The summed E-state index contributed by atoms with van der Waals surface area (Å²) in [6, 6.07) is 14.4. The molecule has 23 heavy (non-hydrogen) atoms. The number of halogens is 1. The Balaban J connectivity index is 1.71. The lowest BCUT2D eigenvalue weighted by molar-refractivity contribution is -0.114. The third kappa shape index (κ3) is 3.54. The van der Waals surface area contributed by atoms with Crippen LogP contribution in [-0.2, 0) is 10.3 Å². The van der Waals surface area contributed by atoms with Crippen molar-refractivity contribution in [3.8, 4) is 0 Å². The lowest BCUT2D eigenvalue weighted by atomic mass is 10.0. The molecule has 4 nitrogen and oxygen atoms in total. The molecule has 1 saturated carbocycles. The van der Waals surface area contributed by atoms with E-state index in [9.17, 15) is 9.59 Å². The third-order valence-corrected chi connectivity index (χ3v) is 4.22. The number of carbonyl (C=O) groups is 2. The van der Waals surface area contributed by atoms with Gasteiger partial charge in [-0.15, -0.1) is 0 Å². The maximum Gasteiger partial charge on any atom is 0.251 e. The summed E-state index contributed by atoms with van der Waals surface area (Å²) in [7, 11) is 0. The number of amides is 2. The average molecular weight is 329 g/mol. The van der Waals surface area contributed by atoms with Crippen LogP contribution in [0, 0.1) is 0 Å². The second kappa shape index (κ2) is 6.05. The maximum absolute atomic E-state index is 12.4. The molecule has 0 bridgehead atoms. The van der Waals surface area contributed by atoms with Gasteiger partial charge >= 0.3 is 0 Å². The Hall–Kier alpha value is -2.33. The zero-order valence-corrected chi connectivity index (χ0v) is 13.5. The minimum Gasteiger partial charge on any atom is -0.343 e. The smallest absolute Gasteiger partial charge is 0.251 e. The first-order valence-electron chi connectivity index (χ1n) is 7.45. The number of hydrogen-bond donors (Lipinski definition) is 2. The second-order valence-electron chi connectivity index (χ2n) is 5.80. The molecule has 0 heterocycles. The Kier molecular flexibility index (Phi) is 4.09. The molecule has 0 radical (unpaired) electrons. The molecule has 0 aliphatic heterocycles. The zero-order valence-electron chi connectivity index (χ0n) is 12.7. The minimum absolute atomic E-state index is 0.119. The molecule has 0 unspecified atom stereocenters. The summed E-state index contributed by atoms with van der Waals surface area (Å²) in [5.74, 6) is -0.256. The first-order valence-corrected chi connectivity index (χ1v) is 7.83. The van der Waals surface area contributed by atoms with E-state index in [1.807, 2.05) is 24.3 Å². The van der Waals surface area contributed by atoms with Gasteiger partial charge < -0.3 is 10.6 Å². The highest BCUT2D eigenvalue weighted by molar-refractivity contribution is 6.30. The van der Waals surface area contributed by atoms with Gasteiger partial charge in [-0.25, -0.2) is 0 Å². The fraction of sp³-hybridized carbons (Fsp3) is 0.222. The van der Waals surface area contributed by atoms with Crippen molar-refractivity contribution in [3.05, 3.63) is 64.7 Å². The Labute approximate surface area is 139 Å². The highest BCUT2D eigenvalue weighted by Gasteiger charge is 2.45. The molecule has 2 N–H and O–H groups in total. The largest absolute Gasteiger partial charge is 0.343 e. The summed E-state index contributed by atoms with van der Waals surface area (Å²) in [6.07, 6.45) is 1.84. The second-order valence-corrected chi connectivity index (χ2v) is 6.24. The predicted molar refractivity (Wildman–Crippen MR) is 90.6 cm³/mol. The fourth-order valence-electron chi connectivity index (χ4n) is 2.58. The van der Waals surface area contributed by atoms with E-state index in [1.165, 1.54) is 6.92 Å². The van der Waals surface area contributed by atoms with Crippen LogP contribution >= 0.6 is 11.6 Å². The van der Waals surface area contributed by atoms with Crippen LogP contribution in [0.15, 0.2) is 48.5 Å². The molecule has 2 aromatic rings. The number of carbonyl (C=O) groups excluding carboxylic acids is 2. The number of anilines is 1. The van der Waals surface area contributed by atoms with Crippen molar-refractivity contribution in [2.45, 2.75) is 25.3 Å². The van der Waals surface area contributed by atoms with Gasteiger partial charge in [-0.2, -0.15) is 0 Å². The normalized spacial score (nSPS) is 14.9. The van der Waals surface area contributed by atoms with Crippen molar-refractivity contribution >= 4 is 29.1 Å². The first-order chi connectivity index (χ1) is 11.0. The summed E-state index contributed by atoms with van der Waals surface area (Å²) in [5, 5.41) is 6.47. The standard InChI is InChI=1S/C18H17ClN2O2/c1-12(22)20-16-8-2-13(3-9-16)17(23)21-18(10-11-18)14-4-6-15(19)7-5-14/h2-9H,10-11H2,1H3,(H,20,22)(H,21,23). The van der Waals surface area contributed by atoms with Crippen LogP contribution in [0.5, 0.6) is 0 Å². The van der Waals surface area contributed by atoms with Gasteiger partial charge in [0.05, 0.1) is 5.54 Å². The molecule has 2 aromatic carbocycles. The number of benzene rings is 2. The summed E-state index contributed by atoms with van der Waals surface area (Å²) in [6.45, 7) is 1.45. The van der Waals surface area contributed by atoms with Crippen LogP contribution in [-0.4, -0.2) is 11.8 Å². The third-order valence-electron chi connectivity index (χ3n) is 3.97. The van der Waals surface area contributed by atoms with Crippen LogP contribution in [0.4, 0.5) is 5.69 Å². The Morgan fingerprint density at radius 3 is 2.13 bits per heavy atom. The van der Waals surface area contributed by atoms with E-state index in [-0.39, 0.29) is 17.4 Å². The molecule has 1 aliphatic rings. The van der Waals surface area contributed by atoms with Gasteiger partial charge in [-0.1, -0.05) is 23.7 Å². The number of hydrogen-bond acceptors (Lipinski definition) is 2. The number of rotatable bonds is 4. The zero-order chi connectivity index (χ0) is 16.4. The van der Waals surface area contributed by atoms with Gasteiger partial charge in [0, 0.05) is 23.2 Å². The predicted octanol–water partition coefficient (Wildman–Crippen LogP) is 3.72. The molecule has 0 spiro atoms. The quantitative estimate of drug-likeness (QED) is 0.898. The average Bonchev–Trinajstić information content (AvgIpc) is 3.28. The maximum atomic E-state index is 12.4. The van der Waals surface area contributed by atoms with Crippen LogP contribution in [0.25, 0.3) is 0 Å². The topological polar surface area (TPSA) is 58.2 Å². The van der Waals surface area contributed by atoms with Crippen molar-refractivity contribution in [1.29, 1.82) is 0 Å². The molecule has 1 aliphatic carbocycles. The van der Waals surface area contributed by atoms with Crippen molar-refractivity contribution in [3.63, 3.8) is 0 Å². The lowest BCUT2D eigenvalue weighted by Gasteiger charge is -2.18. The van der Waals surface area contributed by atoms with Gasteiger partial charge in [-0.3, -0.25) is 9.59 Å². The minimum atomic E-state index is -0.280. The Morgan fingerprint density at radius 1 is 1.00 bits per heavy atom. The molecule has 1 fully saturated rings. The van der Waals surface area contributed by atoms with Crippen molar-refractivity contribution in [2.24, 2.45) is 0 Å². The summed E-state index contributed by atoms with van der Waals surface area (Å²) in [5.41, 5.74) is 2.04. The van der Waals surface area contributed by atoms with Gasteiger partial charge in [0.25, 0.3) is 5.91 Å². The number of nitrogens with one attached hydrogen (secondary N) is 2. The van der Waals surface area contributed by atoms with E-state index >= 15 is 0 Å². The van der Waals surface area contributed by atoms with E-state index in [2.05, 4.69) is 10.6 Å². The lowest BCUT2D eigenvalue weighted by Crippen LogP contribution is -2.34. The summed E-state index contributed by atoms with van der Waals surface area (Å²) < 4.78 is 0. The van der Waals surface area contributed by atoms with Gasteiger partial charge in [0.1, 0.15) is 0 Å². The highest BCUT2D eigenvalue weighted by Crippen LogP contribution is 2.45. The van der Waals surface area contributed by atoms with E-state index in [0.29, 0.717) is 16.3 Å². The Morgan fingerprint density at radius 2 is 1.61 bits per heavy atom. The van der Waals surface area contributed by atoms with Crippen molar-refractivity contribution in [1.82, 2.24) is 5.32 Å². The summed E-state index contributed by atoms with van der Waals surface area (Å²) >= 11 is 5.92. The van der Waals surface area contributed by atoms with Crippen LogP contribution < -0.4 is 10.6 Å². The van der Waals surface area contributed by atoms with Crippen molar-refractivity contribution in [2.75, 3.05) is 5.32 Å². The molecule has 0 aromatic heterocycles. The van der Waals surface area contributed by atoms with Crippen LogP contribution in [0.3, 0.4) is 0 Å². The highest BCUT2D eigenvalue weighted by atomic mass is 35.5. The molecule has 5 heteroatoms. The van der Waals surface area contributed by atoms with E-state index < -0.39 is 0 Å². The fourth-order valence-corrected chi connectivity index (χ4v) is 2.70. The molecule has 0 saturated heterocycles. The van der Waals surface area contributed by atoms with Crippen molar-refractivity contribution < 1.29 is 9.59 Å². The van der Waals surface area contributed by atoms with Gasteiger partial charge in [0.15, 0.2) is 0 Å². The molecule has 118 valence electrons. The first kappa shape index (κ1) is 15.6. The molecule has 2 amide bonds. The molecular weight excluding hydrogens is 312 g/mol. The Bertz CT molecular complexity index is 735. The molecule has 0 atom stereocenters. The molecule has 3 rings (SSSR count). The van der Waals surface area contributed by atoms with Gasteiger partial charge in [0.2, 0.25) is 5.91 Å². The van der Waals surface area contributed by atoms with Gasteiger partial charge in [-0.05, 0) is 54.8 Å². The molecular formula is C18H17ClN2O2. The van der Waals surface area contributed by atoms with E-state index in [1.54, 1.807) is 24.3 Å². The van der Waals surface area contributed by atoms with Crippen LogP contribution in [0.2, 0.25) is 5.02 Å².